The Morgan fingerprint density at radius 3 is 2.20 bits per heavy atom. The first-order valence-electron chi connectivity index (χ1n) is 15.4. The summed E-state index contributed by atoms with van der Waals surface area (Å²) in [5.74, 6) is -0.193. The average Bonchev–Trinajstić information content (AvgIpc) is 3.47. The van der Waals surface area contributed by atoms with Crippen LogP contribution in [-0.4, -0.2) is 41.3 Å². The number of hydrogen-bond donors (Lipinski definition) is 2. The lowest BCUT2D eigenvalue weighted by Gasteiger charge is -2.23. The van der Waals surface area contributed by atoms with E-state index in [1.165, 1.54) is 28.4 Å². The van der Waals surface area contributed by atoms with Crippen LogP contribution < -0.4 is 20.3 Å². The number of carbonyl (C=O) groups excluding carboxylic acids is 3. The van der Waals surface area contributed by atoms with Crippen molar-refractivity contribution in [2.45, 2.75) is 71.7 Å². The smallest absolute Gasteiger partial charge is 0.416 e. The first-order valence-corrected chi connectivity index (χ1v) is 16.3. The molecule has 3 amide bonds. The fraction of sp³-hybridized carbons (Fsp3) is 0.333. The Balaban J connectivity index is 1.57. The van der Waals surface area contributed by atoms with Crippen LogP contribution in [0, 0.1) is 0 Å². The zero-order valence-electron chi connectivity index (χ0n) is 28.3. The molecule has 1 aromatic heterocycles. The predicted molar refractivity (Wildman–Crippen MR) is 184 cm³/mol. The van der Waals surface area contributed by atoms with Gasteiger partial charge in [0.1, 0.15) is 11.4 Å². The summed E-state index contributed by atoms with van der Waals surface area (Å²) >= 11 is 1.28. The summed E-state index contributed by atoms with van der Waals surface area (Å²) in [6.45, 7) is 10.8. The van der Waals surface area contributed by atoms with Gasteiger partial charge >= 0.3 is 18.4 Å². The number of nitrogens with one attached hydrogen (secondary N) is 2. The van der Waals surface area contributed by atoms with E-state index in [1.54, 1.807) is 70.3 Å². The largest absolute Gasteiger partial charge is 0.443 e. The van der Waals surface area contributed by atoms with Gasteiger partial charge in [-0.25, -0.2) is 14.6 Å². The molecule has 0 atom stereocenters. The van der Waals surface area contributed by atoms with Gasteiger partial charge in [0.15, 0.2) is 5.13 Å². The summed E-state index contributed by atoms with van der Waals surface area (Å²) < 4.78 is 50.4. The molecule has 0 fully saturated rings. The molecule has 0 spiro atoms. The van der Waals surface area contributed by atoms with Gasteiger partial charge in [-0.2, -0.15) is 13.2 Å². The number of halogens is 3. The number of amides is 3. The fourth-order valence-electron chi connectivity index (χ4n) is 4.59. The Kier molecular flexibility index (Phi) is 11.1. The monoisotopic (exact) mass is 696 g/mol. The number of anilines is 2. The molecule has 3 aromatic carbocycles. The van der Waals surface area contributed by atoms with Crippen LogP contribution in [0.25, 0.3) is 11.1 Å². The highest BCUT2D eigenvalue weighted by molar-refractivity contribution is 7.14. The molecule has 4 rings (SSSR count). The van der Waals surface area contributed by atoms with Gasteiger partial charge in [-0.15, -0.1) is 11.3 Å². The van der Waals surface area contributed by atoms with Crippen molar-refractivity contribution in [3.05, 3.63) is 94.5 Å². The van der Waals surface area contributed by atoms with E-state index < -0.39 is 41.0 Å². The number of hydrogen-bond acceptors (Lipinski definition) is 7. The minimum atomic E-state index is -4.48. The number of ether oxygens (including phenoxy) is 2. The molecule has 13 heteroatoms. The van der Waals surface area contributed by atoms with Crippen LogP contribution in [0.3, 0.4) is 0 Å². The van der Waals surface area contributed by atoms with Crippen LogP contribution in [0.4, 0.5) is 33.6 Å². The van der Waals surface area contributed by atoms with Crippen LogP contribution >= 0.6 is 11.3 Å². The molecule has 9 nitrogen and oxygen atoms in total. The SMILES string of the molecule is CN(C(=O)OC(C)(C)C)c1nc(CCc2cc(NC(=O)c3ccccc3-c3ccc(C(F)(F)F)cc3)ccc2OC(=O)NC(C)(C)C)cs1. The molecule has 2 N–H and O–H groups in total. The van der Waals surface area contributed by atoms with Crippen molar-refractivity contribution in [3.63, 3.8) is 0 Å². The van der Waals surface area contributed by atoms with Crippen LogP contribution in [0.1, 0.15) is 68.7 Å². The van der Waals surface area contributed by atoms with Gasteiger partial charge in [-0.05, 0) is 107 Å². The summed E-state index contributed by atoms with van der Waals surface area (Å²) in [4.78, 5) is 44.6. The molecule has 260 valence electrons. The van der Waals surface area contributed by atoms with Crippen molar-refractivity contribution in [2.75, 3.05) is 17.3 Å². The third-order valence-electron chi connectivity index (χ3n) is 6.84. The van der Waals surface area contributed by atoms with E-state index in [-0.39, 0.29) is 11.3 Å². The molecule has 0 bridgehead atoms. The number of carbonyl (C=O) groups is 3. The van der Waals surface area contributed by atoms with Gasteiger partial charge in [-0.1, -0.05) is 30.3 Å². The molecule has 0 aliphatic carbocycles. The second kappa shape index (κ2) is 14.7. The Bertz CT molecular complexity index is 1810. The van der Waals surface area contributed by atoms with Crippen molar-refractivity contribution in [3.8, 4) is 16.9 Å². The van der Waals surface area contributed by atoms with E-state index in [0.717, 1.165) is 12.1 Å². The van der Waals surface area contributed by atoms with E-state index in [0.29, 0.717) is 46.0 Å². The molecule has 49 heavy (non-hydrogen) atoms. The van der Waals surface area contributed by atoms with Crippen LogP contribution in [-0.2, 0) is 23.8 Å². The molecule has 0 aliphatic heterocycles. The van der Waals surface area contributed by atoms with Crippen molar-refractivity contribution in [2.24, 2.45) is 0 Å². The Morgan fingerprint density at radius 2 is 1.57 bits per heavy atom. The third kappa shape index (κ3) is 10.5. The number of rotatable bonds is 8. The summed E-state index contributed by atoms with van der Waals surface area (Å²) in [6, 6.07) is 16.1. The number of aryl methyl sites for hydroxylation is 2. The van der Waals surface area contributed by atoms with Gasteiger partial charge in [0, 0.05) is 29.2 Å². The maximum absolute atomic E-state index is 13.5. The average molecular weight is 697 g/mol. The highest BCUT2D eigenvalue weighted by Gasteiger charge is 2.30. The van der Waals surface area contributed by atoms with E-state index in [2.05, 4.69) is 15.6 Å². The lowest BCUT2D eigenvalue weighted by atomic mass is 9.98. The molecule has 0 unspecified atom stereocenters. The summed E-state index contributed by atoms with van der Waals surface area (Å²) in [5, 5.41) is 7.91. The molecular formula is C36H39F3N4O5S. The Labute approximate surface area is 287 Å². The standard InChI is InChI=1S/C36H39F3N4O5S/c1-34(2,3)42-32(45)47-29-19-18-25(20-23(29)14-17-26-21-49-31(41-26)43(7)33(46)48-35(4,5)6)40-30(44)28-11-9-8-10-27(28)22-12-15-24(16-13-22)36(37,38)39/h8-13,15-16,18-21H,14,17H2,1-7H3,(H,40,44)(H,42,45). The zero-order chi connectivity index (χ0) is 36.1. The molecule has 0 radical (unpaired) electrons. The van der Waals surface area contributed by atoms with Crippen LogP contribution in [0.15, 0.2) is 72.1 Å². The Morgan fingerprint density at radius 1 is 0.898 bits per heavy atom. The molecule has 4 aromatic rings. The highest BCUT2D eigenvalue weighted by atomic mass is 32.1. The molecule has 0 aliphatic rings. The maximum Gasteiger partial charge on any atom is 0.416 e. The molecule has 0 saturated heterocycles. The van der Waals surface area contributed by atoms with E-state index in [4.69, 9.17) is 9.47 Å². The van der Waals surface area contributed by atoms with E-state index >= 15 is 0 Å². The van der Waals surface area contributed by atoms with Crippen LogP contribution in [0.5, 0.6) is 5.75 Å². The van der Waals surface area contributed by atoms with Gasteiger partial charge in [0.2, 0.25) is 0 Å². The summed E-state index contributed by atoms with van der Waals surface area (Å²) in [7, 11) is 1.58. The fourth-order valence-corrected chi connectivity index (χ4v) is 5.40. The molecular weight excluding hydrogens is 657 g/mol. The van der Waals surface area contributed by atoms with E-state index in [9.17, 15) is 27.6 Å². The lowest BCUT2D eigenvalue weighted by molar-refractivity contribution is -0.137. The van der Waals surface area contributed by atoms with Gasteiger partial charge < -0.3 is 20.1 Å². The normalized spacial score (nSPS) is 11.9. The Hall–Kier alpha value is -4.91. The summed E-state index contributed by atoms with van der Waals surface area (Å²) in [6.07, 6.45) is -4.87. The molecule has 1 heterocycles. The van der Waals surface area contributed by atoms with Gasteiger partial charge in [0.25, 0.3) is 5.91 Å². The lowest BCUT2D eigenvalue weighted by Crippen LogP contribution is -2.42. The van der Waals surface area contributed by atoms with Gasteiger partial charge in [0.05, 0.1) is 11.3 Å². The van der Waals surface area contributed by atoms with Crippen molar-refractivity contribution in [1.29, 1.82) is 0 Å². The number of thiazole rings is 1. The van der Waals surface area contributed by atoms with Crippen molar-refractivity contribution in [1.82, 2.24) is 10.3 Å². The summed E-state index contributed by atoms with van der Waals surface area (Å²) in [5.41, 5.74) is 0.902. The third-order valence-corrected chi connectivity index (χ3v) is 7.80. The number of alkyl halides is 3. The first-order chi connectivity index (χ1) is 22.8. The number of nitrogens with zero attached hydrogens (tertiary/aromatic N) is 2. The predicted octanol–water partition coefficient (Wildman–Crippen LogP) is 9.12. The highest BCUT2D eigenvalue weighted by Crippen LogP contribution is 2.33. The zero-order valence-corrected chi connectivity index (χ0v) is 29.1. The molecule has 0 saturated carbocycles. The number of benzene rings is 3. The maximum atomic E-state index is 13.5. The first kappa shape index (κ1) is 36.9. The topological polar surface area (TPSA) is 110 Å². The van der Waals surface area contributed by atoms with Crippen molar-refractivity contribution < 1.29 is 37.0 Å². The second-order valence-electron chi connectivity index (χ2n) is 13.3. The van der Waals surface area contributed by atoms with E-state index in [1.807, 2.05) is 26.2 Å². The second-order valence-corrected chi connectivity index (χ2v) is 14.2. The number of aromatic nitrogens is 1. The quantitative estimate of drug-likeness (QED) is 0.190. The minimum absolute atomic E-state index is 0.262. The minimum Gasteiger partial charge on any atom is -0.443 e. The van der Waals surface area contributed by atoms with Crippen LogP contribution in [0.2, 0.25) is 0 Å². The van der Waals surface area contributed by atoms with Crippen molar-refractivity contribution >= 4 is 40.2 Å². The van der Waals surface area contributed by atoms with Gasteiger partial charge in [-0.3, -0.25) is 9.69 Å².